The Morgan fingerprint density at radius 3 is 2.35 bits per heavy atom. The van der Waals surface area contributed by atoms with Gasteiger partial charge in [0, 0.05) is 11.4 Å². The summed E-state index contributed by atoms with van der Waals surface area (Å²) in [4.78, 5) is 23.4. The zero-order valence-corrected chi connectivity index (χ0v) is 15.3. The van der Waals surface area contributed by atoms with Gasteiger partial charge in [-0.25, -0.2) is 9.59 Å². The Balaban J connectivity index is 2.11. The molecule has 26 heavy (non-hydrogen) atoms. The molecule has 0 spiro atoms. The highest BCUT2D eigenvalue weighted by Crippen LogP contribution is 2.26. The first-order chi connectivity index (χ1) is 12.2. The second kappa shape index (κ2) is 7.77. The van der Waals surface area contributed by atoms with Crippen molar-refractivity contribution in [3.05, 3.63) is 48.0 Å². The van der Waals surface area contributed by atoms with E-state index in [1.54, 1.807) is 51.1 Å². The molecule has 0 aliphatic heterocycles. The number of esters is 1. The van der Waals surface area contributed by atoms with Gasteiger partial charge in [0.25, 0.3) is 0 Å². The average molecular weight is 357 g/mol. The van der Waals surface area contributed by atoms with Crippen LogP contribution in [0.2, 0.25) is 0 Å². The number of benzene rings is 2. The standard InChI is InChI=1S/C19H23N3O4/c1-19(2,3)26-18(24)22-14-7-5-6-13(11-14)21-16-9-8-12(10-15(16)20)17(23)25-4/h5-11,21H,20H2,1-4H3,(H,22,24). The molecule has 0 bridgehead atoms. The first-order valence-electron chi connectivity index (χ1n) is 8.03. The average Bonchev–Trinajstić information content (AvgIpc) is 2.54. The van der Waals surface area contributed by atoms with Crippen LogP contribution >= 0.6 is 0 Å². The summed E-state index contributed by atoms with van der Waals surface area (Å²) in [5.74, 6) is -0.452. The number of rotatable bonds is 4. The van der Waals surface area contributed by atoms with Crippen LogP contribution in [0.15, 0.2) is 42.5 Å². The molecule has 0 heterocycles. The van der Waals surface area contributed by atoms with Gasteiger partial charge in [0.15, 0.2) is 0 Å². The van der Waals surface area contributed by atoms with Gasteiger partial charge in [-0.3, -0.25) is 5.32 Å². The van der Waals surface area contributed by atoms with Crippen LogP contribution in [0.1, 0.15) is 31.1 Å². The third-order valence-electron chi connectivity index (χ3n) is 3.26. The zero-order valence-electron chi connectivity index (χ0n) is 15.3. The molecule has 0 aliphatic rings. The number of hydrogen-bond donors (Lipinski definition) is 3. The summed E-state index contributed by atoms with van der Waals surface area (Å²) >= 11 is 0. The van der Waals surface area contributed by atoms with Crippen molar-refractivity contribution in [1.29, 1.82) is 0 Å². The van der Waals surface area contributed by atoms with E-state index in [2.05, 4.69) is 15.4 Å². The summed E-state index contributed by atoms with van der Waals surface area (Å²) in [7, 11) is 1.31. The molecular weight excluding hydrogens is 334 g/mol. The lowest BCUT2D eigenvalue weighted by Crippen LogP contribution is -2.27. The van der Waals surface area contributed by atoms with Gasteiger partial charge < -0.3 is 20.5 Å². The van der Waals surface area contributed by atoms with E-state index in [-0.39, 0.29) is 0 Å². The van der Waals surface area contributed by atoms with Gasteiger partial charge in [-0.15, -0.1) is 0 Å². The van der Waals surface area contributed by atoms with E-state index in [9.17, 15) is 9.59 Å². The Labute approximate surface area is 152 Å². The van der Waals surface area contributed by atoms with Gasteiger partial charge >= 0.3 is 12.1 Å². The Hall–Kier alpha value is -3.22. The molecule has 7 heteroatoms. The molecule has 0 saturated carbocycles. The van der Waals surface area contributed by atoms with Crippen molar-refractivity contribution in [2.24, 2.45) is 0 Å². The Morgan fingerprint density at radius 1 is 1.04 bits per heavy atom. The third-order valence-corrected chi connectivity index (χ3v) is 3.26. The molecule has 0 aliphatic carbocycles. The Bertz CT molecular complexity index is 813. The Morgan fingerprint density at radius 2 is 1.73 bits per heavy atom. The summed E-state index contributed by atoms with van der Waals surface area (Å²) in [6, 6.07) is 12.0. The summed E-state index contributed by atoms with van der Waals surface area (Å²) in [5.41, 5.74) is 8.12. The van der Waals surface area contributed by atoms with Crippen molar-refractivity contribution in [1.82, 2.24) is 0 Å². The fraction of sp³-hybridized carbons (Fsp3) is 0.263. The predicted molar refractivity (Wildman–Crippen MR) is 102 cm³/mol. The maximum Gasteiger partial charge on any atom is 0.412 e. The number of ether oxygens (including phenoxy) is 2. The molecule has 0 fully saturated rings. The molecule has 138 valence electrons. The van der Waals surface area contributed by atoms with Gasteiger partial charge in [-0.2, -0.15) is 0 Å². The van der Waals surface area contributed by atoms with E-state index in [0.29, 0.717) is 22.6 Å². The molecule has 2 aromatic carbocycles. The van der Waals surface area contributed by atoms with Crippen LogP contribution in [0.3, 0.4) is 0 Å². The highest BCUT2D eigenvalue weighted by molar-refractivity contribution is 5.92. The van der Waals surface area contributed by atoms with Crippen molar-refractivity contribution >= 4 is 34.8 Å². The number of nitrogen functional groups attached to an aromatic ring is 1. The minimum atomic E-state index is -0.574. The van der Waals surface area contributed by atoms with E-state index in [4.69, 9.17) is 10.5 Å². The number of methoxy groups -OCH3 is 1. The molecule has 1 amide bonds. The van der Waals surface area contributed by atoms with Crippen molar-refractivity contribution in [3.8, 4) is 0 Å². The lowest BCUT2D eigenvalue weighted by atomic mass is 10.1. The summed E-state index contributed by atoms with van der Waals surface area (Å²) in [6.07, 6.45) is -0.531. The molecule has 0 radical (unpaired) electrons. The van der Waals surface area contributed by atoms with Crippen molar-refractivity contribution in [2.45, 2.75) is 26.4 Å². The minimum Gasteiger partial charge on any atom is -0.465 e. The first-order valence-corrected chi connectivity index (χ1v) is 8.03. The van der Waals surface area contributed by atoms with E-state index in [1.807, 2.05) is 6.07 Å². The third kappa shape index (κ3) is 5.41. The van der Waals surface area contributed by atoms with Crippen LogP contribution in [-0.4, -0.2) is 24.8 Å². The second-order valence-electron chi connectivity index (χ2n) is 6.63. The highest BCUT2D eigenvalue weighted by atomic mass is 16.6. The van der Waals surface area contributed by atoms with Crippen molar-refractivity contribution in [3.63, 3.8) is 0 Å². The summed E-state index contributed by atoms with van der Waals surface area (Å²) in [5, 5.41) is 5.83. The van der Waals surface area contributed by atoms with E-state index >= 15 is 0 Å². The lowest BCUT2D eigenvalue weighted by molar-refractivity contribution is 0.0598. The normalized spacial score (nSPS) is 10.8. The van der Waals surface area contributed by atoms with Crippen LogP contribution in [0, 0.1) is 0 Å². The van der Waals surface area contributed by atoms with Crippen LogP contribution in [0.4, 0.5) is 27.5 Å². The van der Waals surface area contributed by atoms with E-state index in [1.165, 1.54) is 13.2 Å². The molecule has 2 aromatic rings. The fourth-order valence-corrected chi connectivity index (χ4v) is 2.17. The van der Waals surface area contributed by atoms with E-state index < -0.39 is 17.7 Å². The zero-order chi connectivity index (χ0) is 19.3. The molecule has 4 N–H and O–H groups in total. The Kier molecular flexibility index (Phi) is 5.71. The predicted octanol–water partition coefficient (Wildman–Crippen LogP) is 4.15. The number of nitrogens with two attached hydrogens (primary N) is 1. The summed E-state index contributed by atoms with van der Waals surface area (Å²) in [6.45, 7) is 5.39. The largest absolute Gasteiger partial charge is 0.465 e. The first kappa shape index (κ1) is 19.1. The quantitative estimate of drug-likeness (QED) is 0.561. The SMILES string of the molecule is COC(=O)c1ccc(Nc2cccc(NC(=O)OC(C)(C)C)c2)c(N)c1. The summed E-state index contributed by atoms with van der Waals surface area (Å²) < 4.78 is 9.90. The molecule has 7 nitrogen and oxygen atoms in total. The number of anilines is 4. The minimum absolute atomic E-state index is 0.371. The molecule has 2 rings (SSSR count). The van der Waals surface area contributed by atoms with Crippen LogP contribution in [-0.2, 0) is 9.47 Å². The van der Waals surface area contributed by atoms with Gasteiger partial charge in [0.1, 0.15) is 5.60 Å². The molecule has 0 atom stereocenters. The van der Waals surface area contributed by atoms with Crippen LogP contribution < -0.4 is 16.4 Å². The molecular formula is C19H23N3O4. The monoisotopic (exact) mass is 357 g/mol. The van der Waals surface area contributed by atoms with Gasteiger partial charge in [0.2, 0.25) is 0 Å². The molecule has 0 unspecified atom stereocenters. The maximum atomic E-state index is 11.9. The fourth-order valence-electron chi connectivity index (χ4n) is 2.17. The topological polar surface area (TPSA) is 103 Å². The van der Waals surface area contributed by atoms with Crippen molar-refractivity contribution < 1.29 is 19.1 Å². The van der Waals surface area contributed by atoms with Gasteiger partial charge in [-0.1, -0.05) is 6.07 Å². The van der Waals surface area contributed by atoms with Crippen molar-refractivity contribution in [2.75, 3.05) is 23.5 Å². The van der Waals surface area contributed by atoms with Crippen LogP contribution in [0.25, 0.3) is 0 Å². The van der Waals surface area contributed by atoms with E-state index in [0.717, 1.165) is 5.69 Å². The van der Waals surface area contributed by atoms with Gasteiger partial charge in [0.05, 0.1) is 24.0 Å². The molecule has 0 saturated heterocycles. The number of nitrogens with one attached hydrogen (secondary N) is 2. The highest BCUT2D eigenvalue weighted by Gasteiger charge is 2.16. The van der Waals surface area contributed by atoms with Gasteiger partial charge in [-0.05, 0) is 57.2 Å². The smallest absolute Gasteiger partial charge is 0.412 e. The number of carbonyl (C=O) groups is 2. The lowest BCUT2D eigenvalue weighted by Gasteiger charge is -2.20. The maximum absolute atomic E-state index is 11.9. The number of carbonyl (C=O) groups excluding carboxylic acids is 2. The molecule has 0 aromatic heterocycles. The second-order valence-corrected chi connectivity index (χ2v) is 6.63. The number of hydrogen-bond acceptors (Lipinski definition) is 6. The number of amides is 1. The van der Waals surface area contributed by atoms with Crippen LogP contribution in [0.5, 0.6) is 0 Å².